The molecule has 1 heterocycles. The number of fused-ring (bicyclic) bond motifs is 1. The van der Waals surface area contributed by atoms with Crippen LogP contribution in [-0.4, -0.2) is 18.2 Å². The summed E-state index contributed by atoms with van der Waals surface area (Å²) < 4.78 is 11.3. The second kappa shape index (κ2) is 6.85. The summed E-state index contributed by atoms with van der Waals surface area (Å²) in [5.74, 6) is 0.567. The highest BCUT2D eigenvalue weighted by atomic mass is 16.5. The number of allylic oxidation sites excluding steroid dienone is 1. The molecule has 0 saturated carbocycles. The molecule has 0 amide bonds. The summed E-state index contributed by atoms with van der Waals surface area (Å²) >= 11 is 0. The lowest BCUT2D eigenvalue weighted by atomic mass is 10.1. The number of H-pyrrole nitrogens is 1. The fraction of sp³-hybridized carbons (Fsp3) is 0.235. The molecule has 0 aliphatic carbocycles. The monoisotopic (exact) mass is 300 g/mol. The van der Waals surface area contributed by atoms with E-state index < -0.39 is 0 Å². The number of hydrogen-bond donors (Lipinski definition) is 2. The van der Waals surface area contributed by atoms with Gasteiger partial charge in [0.15, 0.2) is 5.75 Å². The number of rotatable bonds is 6. The van der Waals surface area contributed by atoms with Crippen LogP contribution in [0.4, 0.5) is 5.69 Å². The number of anilines is 1. The second-order valence-corrected chi connectivity index (χ2v) is 5.11. The highest BCUT2D eigenvalue weighted by Gasteiger charge is 2.15. The molecule has 0 radical (unpaired) electrons. The molecule has 5 nitrogen and oxygen atoms in total. The average Bonchev–Trinajstić information content (AvgIpc) is 2.45. The largest absolute Gasteiger partial charge is 0.485 e. The first kappa shape index (κ1) is 15.7. The van der Waals surface area contributed by atoms with Crippen molar-refractivity contribution in [3.05, 3.63) is 52.9 Å². The highest BCUT2D eigenvalue weighted by molar-refractivity contribution is 5.89. The SMILES string of the molecule is C=CCOc1c(OCC=C(C)C)c2ccc(N)cc2[nH]c1=O. The van der Waals surface area contributed by atoms with Gasteiger partial charge in [0, 0.05) is 11.1 Å². The van der Waals surface area contributed by atoms with Gasteiger partial charge in [0.25, 0.3) is 5.56 Å². The van der Waals surface area contributed by atoms with E-state index in [1.54, 1.807) is 24.3 Å². The van der Waals surface area contributed by atoms with E-state index in [9.17, 15) is 4.79 Å². The number of aromatic nitrogens is 1. The van der Waals surface area contributed by atoms with E-state index in [1.807, 2.05) is 19.9 Å². The maximum atomic E-state index is 12.2. The fourth-order valence-electron chi connectivity index (χ4n) is 1.98. The van der Waals surface area contributed by atoms with Gasteiger partial charge in [-0.1, -0.05) is 18.2 Å². The van der Waals surface area contributed by atoms with Crippen LogP contribution in [0.2, 0.25) is 0 Å². The van der Waals surface area contributed by atoms with E-state index >= 15 is 0 Å². The van der Waals surface area contributed by atoms with Gasteiger partial charge in [0.1, 0.15) is 13.2 Å². The molecule has 1 aromatic heterocycles. The molecule has 22 heavy (non-hydrogen) atoms. The normalized spacial score (nSPS) is 10.3. The summed E-state index contributed by atoms with van der Waals surface area (Å²) in [5.41, 5.74) is 7.72. The van der Waals surface area contributed by atoms with Crippen molar-refractivity contribution in [2.75, 3.05) is 18.9 Å². The Balaban J connectivity index is 2.56. The predicted octanol–water partition coefficient (Wildman–Crippen LogP) is 3.02. The Bertz CT molecular complexity index is 771. The number of benzene rings is 1. The van der Waals surface area contributed by atoms with Crippen molar-refractivity contribution in [3.8, 4) is 11.5 Å². The molecule has 0 unspecified atom stereocenters. The van der Waals surface area contributed by atoms with Crippen LogP contribution in [0, 0.1) is 0 Å². The molecular formula is C17H20N2O3. The maximum absolute atomic E-state index is 12.2. The molecule has 0 bridgehead atoms. The van der Waals surface area contributed by atoms with Crippen LogP contribution in [0.1, 0.15) is 13.8 Å². The van der Waals surface area contributed by atoms with Crippen LogP contribution < -0.4 is 20.8 Å². The van der Waals surface area contributed by atoms with Crippen molar-refractivity contribution in [1.82, 2.24) is 4.98 Å². The molecule has 0 spiro atoms. The second-order valence-electron chi connectivity index (χ2n) is 5.11. The minimum absolute atomic E-state index is 0.152. The highest BCUT2D eigenvalue weighted by Crippen LogP contribution is 2.32. The zero-order valence-corrected chi connectivity index (χ0v) is 12.8. The zero-order chi connectivity index (χ0) is 16.1. The summed E-state index contributed by atoms with van der Waals surface area (Å²) in [6.07, 6.45) is 3.51. The van der Waals surface area contributed by atoms with Crippen molar-refractivity contribution in [3.63, 3.8) is 0 Å². The summed E-state index contributed by atoms with van der Waals surface area (Å²) in [6.45, 7) is 8.13. The topological polar surface area (TPSA) is 77.3 Å². The smallest absolute Gasteiger partial charge is 0.294 e. The molecule has 1 aromatic carbocycles. The molecule has 0 aliphatic heterocycles. The summed E-state index contributed by atoms with van der Waals surface area (Å²) in [6, 6.07) is 5.26. The minimum Gasteiger partial charge on any atom is -0.485 e. The zero-order valence-electron chi connectivity index (χ0n) is 12.8. The van der Waals surface area contributed by atoms with Gasteiger partial charge in [-0.2, -0.15) is 0 Å². The van der Waals surface area contributed by atoms with Crippen LogP contribution in [-0.2, 0) is 0 Å². The van der Waals surface area contributed by atoms with Crippen molar-refractivity contribution in [2.45, 2.75) is 13.8 Å². The molecular weight excluding hydrogens is 280 g/mol. The molecule has 5 heteroatoms. The molecule has 116 valence electrons. The number of nitrogens with two attached hydrogens (primary N) is 1. The van der Waals surface area contributed by atoms with Gasteiger partial charge in [-0.3, -0.25) is 4.79 Å². The summed E-state index contributed by atoms with van der Waals surface area (Å²) in [4.78, 5) is 15.0. The third-order valence-corrected chi connectivity index (χ3v) is 3.01. The molecule has 0 fully saturated rings. The first-order chi connectivity index (χ1) is 10.5. The van der Waals surface area contributed by atoms with Crippen LogP contribution in [0.25, 0.3) is 10.9 Å². The van der Waals surface area contributed by atoms with Gasteiger partial charge in [-0.25, -0.2) is 0 Å². The minimum atomic E-state index is -0.354. The van der Waals surface area contributed by atoms with Gasteiger partial charge in [-0.15, -0.1) is 0 Å². The van der Waals surface area contributed by atoms with E-state index in [2.05, 4.69) is 11.6 Å². The number of pyridine rings is 1. The number of nitrogen functional groups attached to an aromatic ring is 1. The molecule has 2 aromatic rings. The van der Waals surface area contributed by atoms with E-state index in [-0.39, 0.29) is 17.9 Å². The van der Waals surface area contributed by atoms with E-state index in [1.165, 1.54) is 0 Å². The summed E-state index contributed by atoms with van der Waals surface area (Å²) in [7, 11) is 0. The van der Waals surface area contributed by atoms with Crippen LogP contribution in [0.15, 0.2) is 47.3 Å². The van der Waals surface area contributed by atoms with Crippen molar-refractivity contribution >= 4 is 16.6 Å². The van der Waals surface area contributed by atoms with E-state index in [4.69, 9.17) is 15.2 Å². The Kier molecular flexibility index (Phi) is 4.88. The molecule has 3 N–H and O–H groups in total. The predicted molar refractivity (Wildman–Crippen MR) is 89.6 cm³/mol. The van der Waals surface area contributed by atoms with Gasteiger partial charge < -0.3 is 20.2 Å². The van der Waals surface area contributed by atoms with Crippen molar-refractivity contribution in [1.29, 1.82) is 0 Å². The third-order valence-electron chi connectivity index (χ3n) is 3.01. The fourth-order valence-corrected chi connectivity index (χ4v) is 1.98. The number of hydrogen-bond acceptors (Lipinski definition) is 4. The first-order valence-electron chi connectivity index (χ1n) is 6.98. The number of nitrogens with one attached hydrogen (secondary N) is 1. The van der Waals surface area contributed by atoms with Gasteiger partial charge in [0.2, 0.25) is 5.75 Å². The Hall–Kier alpha value is -2.69. The molecule has 0 saturated heterocycles. The molecule has 0 atom stereocenters. The Morgan fingerprint density at radius 1 is 1.27 bits per heavy atom. The van der Waals surface area contributed by atoms with Gasteiger partial charge in [-0.05, 0) is 38.1 Å². The van der Waals surface area contributed by atoms with Crippen LogP contribution >= 0.6 is 0 Å². The van der Waals surface area contributed by atoms with Crippen LogP contribution in [0.3, 0.4) is 0 Å². The average molecular weight is 300 g/mol. The Morgan fingerprint density at radius 2 is 2.00 bits per heavy atom. The first-order valence-corrected chi connectivity index (χ1v) is 6.98. The molecule has 0 aliphatic rings. The number of ether oxygens (including phenoxy) is 2. The Morgan fingerprint density at radius 3 is 2.68 bits per heavy atom. The van der Waals surface area contributed by atoms with Gasteiger partial charge >= 0.3 is 0 Å². The Labute approximate surface area is 129 Å². The maximum Gasteiger partial charge on any atom is 0.294 e. The molecule has 2 rings (SSSR count). The van der Waals surface area contributed by atoms with E-state index in [0.717, 1.165) is 11.0 Å². The van der Waals surface area contributed by atoms with Crippen molar-refractivity contribution < 1.29 is 9.47 Å². The lowest BCUT2D eigenvalue weighted by Crippen LogP contribution is -2.14. The third kappa shape index (κ3) is 3.49. The van der Waals surface area contributed by atoms with Crippen molar-refractivity contribution in [2.24, 2.45) is 0 Å². The lowest BCUT2D eigenvalue weighted by Gasteiger charge is -2.13. The summed E-state index contributed by atoms with van der Waals surface area (Å²) in [5, 5.41) is 0.745. The van der Waals surface area contributed by atoms with Gasteiger partial charge in [0.05, 0.1) is 5.52 Å². The number of aromatic amines is 1. The van der Waals surface area contributed by atoms with Crippen LogP contribution in [0.5, 0.6) is 11.5 Å². The quantitative estimate of drug-likeness (QED) is 0.635. The van der Waals surface area contributed by atoms with E-state index in [0.29, 0.717) is 23.6 Å². The lowest BCUT2D eigenvalue weighted by molar-refractivity contribution is 0.307. The standard InChI is InChI=1S/C17H20N2O3/c1-4-8-21-16-15(22-9-7-11(2)3)13-6-5-12(18)10-14(13)19-17(16)20/h4-7,10H,1,8-9,18H2,2-3H3,(H,19,20).